The van der Waals surface area contributed by atoms with Crippen LogP contribution in [-0.4, -0.2) is 29.6 Å². The average molecular weight is 277 g/mol. The Bertz CT molecular complexity index is 387. The SMILES string of the molecule is CN(C(=O)CCSCc1ccccc1)C1CCCC1. The smallest absolute Gasteiger partial charge is 0.223 e. The highest BCUT2D eigenvalue weighted by Gasteiger charge is 2.22. The highest BCUT2D eigenvalue weighted by molar-refractivity contribution is 7.98. The van der Waals surface area contributed by atoms with Crippen molar-refractivity contribution in [1.82, 2.24) is 4.90 Å². The van der Waals surface area contributed by atoms with Crippen LogP contribution in [0.25, 0.3) is 0 Å². The first-order valence-corrected chi connectivity index (χ1v) is 8.30. The summed E-state index contributed by atoms with van der Waals surface area (Å²) in [5.41, 5.74) is 1.34. The molecule has 19 heavy (non-hydrogen) atoms. The standard InChI is InChI=1S/C16H23NOS/c1-17(15-9-5-6-10-15)16(18)11-12-19-13-14-7-3-2-4-8-14/h2-4,7-8,15H,5-6,9-13H2,1H3. The van der Waals surface area contributed by atoms with Gasteiger partial charge >= 0.3 is 0 Å². The second-order valence-corrected chi connectivity index (χ2v) is 6.34. The van der Waals surface area contributed by atoms with Gasteiger partial charge in [0, 0.05) is 31.0 Å². The molecular weight excluding hydrogens is 254 g/mol. The van der Waals surface area contributed by atoms with Crippen molar-refractivity contribution in [3.05, 3.63) is 35.9 Å². The van der Waals surface area contributed by atoms with Gasteiger partial charge in [-0.05, 0) is 18.4 Å². The second kappa shape index (κ2) is 7.59. The first-order chi connectivity index (χ1) is 9.27. The van der Waals surface area contributed by atoms with E-state index in [-0.39, 0.29) is 0 Å². The van der Waals surface area contributed by atoms with Crippen LogP contribution >= 0.6 is 11.8 Å². The molecule has 1 amide bonds. The molecule has 0 heterocycles. The number of carbonyl (C=O) groups is 1. The van der Waals surface area contributed by atoms with E-state index in [1.165, 1.54) is 31.2 Å². The van der Waals surface area contributed by atoms with E-state index >= 15 is 0 Å². The van der Waals surface area contributed by atoms with Gasteiger partial charge in [-0.2, -0.15) is 11.8 Å². The van der Waals surface area contributed by atoms with Crippen LogP contribution < -0.4 is 0 Å². The Hall–Kier alpha value is -0.960. The van der Waals surface area contributed by atoms with Crippen molar-refractivity contribution in [2.24, 2.45) is 0 Å². The van der Waals surface area contributed by atoms with Gasteiger partial charge < -0.3 is 4.90 Å². The molecule has 0 saturated heterocycles. The summed E-state index contributed by atoms with van der Waals surface area (Å²) in [6.45, 7) is 0. The molecule has 1 aliphatic rings. The fourth-order valence-corrected chi connectivity index (χ4v) is 3.49. The molecule has 1 saturated carbocycles. The minimum Gasteiger partial charge on any atom is -0.343 e. The number of thioether (sulfide) groups is 1. The summed E-state index contributed by atoms with van der Waals surface area (Å²) in [6, 6.07) is 10.9. The molecule has 1 fully saturated rings. The third kappa shape index (κ3) is 4.57. The fraction of sp³-hybridized carbons (Fsp3) is 0.562. The van der Waals surface area contributed by atoms with Gasteiger partial charge in [-0.1, -0.05) is 43.2 Å². The molecule has 104 valence electrons. The van der Waals surface area contributed by atoms with Crippen LogP contribution in [0, 0.1) is 0 Å². The van der Waals surface area contributed by atoms with Crippen LogP contribution in [0.15, 0.2) is 30.3 Å². The summed E-state index contributed by atoms with van der Waals surface area (Å²) in [5.74, 6) is 2.24. The maximum atomic E-state index is 12.1. The van der Waals surface area contributed by atoms with E-state index in [0.29, 0.717) is 18.4 Å². The molecule has 2 nitrogen and oxygen atoms in total. The van der Waals surface area contributed by atoms with Gasteiger partial charge in [0.05, 0.1) is 0 Å². The van der Waals surface area contributed by atoms with Gasteiger partial charge in [-0.25, -0.2) is 0 Å². The van der Waals surface area contributed by atoms with E-state index < -0.39 is 0 Å². The summed E-state index contributed by atoms with van der Waals surface area (Å²) < 4.78 is 0. The molecule has 1 aliphatic carbocycles. The Balaban J connectivity index is 1.63. The van der Waals surface area contributed by atoms with Crippen LogP contribution in [-0.2, 0) is 10.5 Å². The van der Waals surface area contributed by atoms with Crippen molar-refractivity contribution in [1.29, 1.82) is 0 Å². The Morgan fingerprint density at radius 1 is 1.26 bits per heavy atom. The van der Waals surface area contributed by atoms with Crippen molar-refractivity contribution < 1.29 is 4.79 Å². The van der Waals surface area contributed by atoms with E-state index in [1.54, 1.807) is 0 Å². The second-order valence-electron chi connectivity index (χ2n) is 5.23. The zero-order chi connectivity index (χ0) is 13.5. The molecule has 0 aromatic heterocycles. The van der Waals surface area contributed by atoms with Crippen molar-refractivity contribution in [3.8, 4) is 0 Å². The summed E-state index contributed by atoms with van der Waals surface area (Å²) >= 11 is 1.85. The molecule has 0 spiro atoms. The zero-order valence-electron chi connectivity index (χ0n) is 11.7. The lowest BCUT2D eigenvalue weighted by molar-refractivity contribution is -0.131. The van der Waals surface area contributed by atoms with E-state index in [4.69, 9.17) is 0 Å². The molecule has 0 N–H and O–H groups in total. The van der Waals surface area contributed by atoms with Gasteiger partial charge in [0.15, 0.2) is 0 Å². The molecule has 0 atom stereocenters. The third-order valence-corrected chi connectivity index (χ3v) is 4.87. The van der Waals surface area contributed by atoms with Crippen LogP contribution in [0.2, 0.25) is 0 Å². The predicted octanol–water partition coefficient (Wildman–Crippen LogP) is 3.71. The van der Waals surface area contributed by atoms with E-state index in [0.717, 1.165) is 11.5 Å². The minimum absolute atomic E-state index is 0.312. The average Bonchev–Trinajstić information content (AvgIpc) is 2.98. The van der Waals surface area contributed by atoms with Crippen LogP contribution in [0.5, 0.6) is 0 Å². The summed E-state index contributed by atoms with van der Waals surface area (Å²) in [6.07, 6.45) is 5.62. The predicted molar refractivity (Wildman–Crippen MR) is 82.2 cm³/mol. The van der Waals surface area contributed by atoms with Gasteiger partial charge in [-0.3, -0.25) is 4.79 Å². The first-order valence-electron chi connectivity index (χ1n) is 7.14. The number of rotatable bonds is 6. The van der Waals surface area contributed by atoms with Crippen molar-refractivity contribution in [2.75, 3.05) is 12.8 Å². The topological polar surface area (TPSA) is 20.3 Å². The normalized spacial score (nSPS) is 15.6. The highest BCUT2D eigenvalue weighted by Crippen LogP contribution is 2.23. The molecule has 1 aromatic rings. The molecule has 3 heteroatoms. The lowest BCUT2D eigenvalue weighted by Crippen LogP contribution is -2.35. The number of benzene rings is 1. The van der Waals surface area contributed by atoms with E-state index in [2.05, 4.69) is 24.3 Å². The van der Waals surface area contributed by atoms with Crippen molar-refractivity contribution >= 4 is 17.7 Å². The Morgan fingerprint density at radius 3 is 2.63 bits per heavy atom. The van der Waals surface area contributed by atoms with Crippen LogP contribution in [0.4, 0.5) is 0 Å². The first kappa shape index (κ1) is 14.4. The van der Waals surface area contributed by atoms with Crippen LogP contribution in [0.3, 0.4) is 0 Å². The molecular formula is C16H23NOS. The zero-order valence-corrected chi connectivity index (χ0v) is 12.5. The van der Waals surface area contributed by atoms with Crippen molar-refractivity contribution in [3.63, 3.8) is 0 Å². The summed E-state index contributed by atoms with van der Waals surface area (Å²) in [7, 11) is 1.97. The van der Waals surface area contributed by atoms with Crippen LogP contribution in [0.1, 0.15) is 37.7 Å². The molecule has 2 rings (SSSR count). The van der Waals surface area contributed by atoms with E-state index in [1.807, 2.05) is 29.8 Å². The number of hydrogen-bond acceptors (Lipinski definition) is 2. The maximum Gasteiger partial charge on any atom is 0.223 e. The number of amides is 1. The molecule has 1 aromatic carbocycles. The summed E-state index contributed by atoms with van der Waals surface area (Å²) in [5, 5.41) is 0. The Kier molecular flexibility index (Phi) is 5.77. The molecule has 0 bridgehead atoms. The fourth-order valence-electron chi connectivity index (χ4n) is 2.60. The Labute approximate surface area is 120 Å². The van der Waals surface area contributed by atoms with Gasteiger partial charge in [0.25, 0.3) is 0 Å². The number of nitrogens with zero attached hydrogens (tertiary/aromatic N) is 1. The largest absolute Gasteiger partial charge is 0.343 e. The number of carbonyl (C=O) groups excluding carboxylic acids is 1. The number of hydrogen-bond donors (Lipinski definition) is 0. The molecule has 0 aliphatic heterocycles. The van der Waals surface area contributed by atoms with Gasteiger partial charge in [0.1, 0.15) is 0 Å². The lowest BCUT2D eigenvalue weighted by atomic mass is 10.2. The molecule has 0 unspecified atom stereocenters. The third-order valence-electron chi connectivity index (χ3n) is 3.84. The molecule has 0 radical (unpaired) electrons. The monoisotopic (exact) mass is 277 g/mol. The summed E-state index contributed by atoms with van der Waals surface area (Å²) in [4.78, 5) is 14.0. The maximum absolute atomic E-state index is 12.1. The highest BCUT2D eigenvalue weighted by atomic mass is 32.2. The quantitative estimate of drug-likeness (QED) is 0.739. The van der Waals surface area contributed by atoms with E-state index in [9.17, 15) is 4.79 Å². The minimum atomic E-state index is 0.312. The van der Waals surface area contributed by atoms with Crippen molar-refractivity contribution in [2.45, 2.75) is 43.9 Å². The lowest BCUT2D eigenvalue weighted by Gasteiger charge is -2.24. The van der Waals surface area contributed by atoms with Gasteiger partial charge in [0.2, 0.25) is 5.91 Å². The van der Waals surface area contributed by atoms with Gasteiger partial charge in [-0.15, -0.1) is 0 Å². The Morgan fingerprint density at radius 2 is 1.95 bits per heavy atom.